The largest absolute Gasteiger partial charge is 0.457 e. The van der Waals surface area contributed by atoms with Crippen LogP contribution >= 0.6 is 0 Å². The maximum Gasteiger partial charge on any atom is 0.255 e. The van der Waals surface area contributed by atoms with Gasteiger partial charge in [-0.1, -0.05) is 24.3 Å². The molecule has 3 atom stereocenters. The summed E-state index contributed by atoms with van der Waals surface area (Å²) >= 11 is 0. The standard InChI is InChI=1S/C31H37N5O2/c1-21-11-12-25(16-30(21)38-29-9-5-4-6-10-29)31(37)34-27-14-24(18-35-13-7-8-26(32)19-35)15-28(17-27)36-20-33-22(2)23(36)3/h4-6,9-12,14-17,20,22-23,26H,7-8,13,18-19,32H2,1-3H3,(H,34,37)/t22?,23?,26-/m0/s1. The topological polar surface area (TPSA) is 83.2 Å². The average molecular weight is 512 g/mol. The third kappa shape index (κ3) is 6.06. The number of amides is 1. The van der Waals surface area contributed by atoms with Crippen molar-refractivity contribution in [2.75, 3.05) is 23.3 Å². The van der Waals surface area contributed by atoms with E-state index >= 15 is 0 Å². The Bertz CT molecular complexity index is 1310. The number of nitrogens with one attached hydrogen (secondary N) is 1. The number of nitrogens with zero attached hydrogens (tertiary/aromatic N) is 3. The molecule has 1 amide bonds. The Morgan fingerprint density at radius 1 is 1.11 bits per heavy atom. The van der Waals surface area contributed by atoms with E-state index in [1.165, 1.54) is 0 Å². The normalized spacial score (nSPS) is 21.5. The van der Waals surface area contributed by atoms with Crippen LogP contribution in [0, 0.1) is 6.92 Å². The van der Waals surface area contributed by atoms with Gasteiger partial charge in [0.2, 0.25) is 0 Å². The summed E-state index contributed by atoms with van der Waals surface area (Å²) in [5.74, 6) is 1.22. The molecule has 7 heteroatoms. The van der Waals surface area contributed by atoms with Gasteiger partial charge in [-0.25, -0.2) is 0 Å². The summed E-state index contributed by atoms with van der Waals surface area (Å²) in [4.78, 5) is 22.6. The summed E-state index contributed by atoms with van der Waals surface area (Å²) in [6.45, 7) is 8.98. The van der Waals surface area contributed by atoms with Crippen molar-refractivity contribution in [3.8, 4) is 11.5 Å². The molecule has 0 aromatic heterocycles. The van der Waals surface area contributed by atoms with E-state index in [0.29, 0.717) is 11.3 Å². The molecule has 7 nitrogen and oxygen atoms in total. The van der Waals surface area contributed by atoms with Crippen LogP contribution in [0.25, 0.3) is 0 Å². The zero-order valence-corrected chi connectivity index (χ0v) is 22.4. The maximum absolute atomic E-state index is 13.4. The van der Waals surface area contributed by atoms with Gasteiger partial charge in [-0.15, -0.1) is 0 Å². The first kappa shape index (κ1) is 25.9. The van der Waals surface area contributed by atoms with Crippen molar-refractivity contribution in [1.82, 2.24) is 4.90 Å². The second kappa shape index (κ2) is 11.4. The van der Waals surface area contributed by atoms with E-state index < -0.39 is 0 Å². The van der Waals surface area contributed by atoms with Crippen molar-refractivity contribution in [2.24, 2.45) is 10.7 Å². The summed E-state index contributed by atoms with van der Waals surface area (Å²) in [6.07, 6.45) is 4.09. The van der Waals surface area contributed by atoms with Crippen molar-refractivity contribution in [3.63, 3.8) is 0 Å². The van der Waals surface area contributed by atoms with Crippen LogP contribution in [0.5, 0.6) is 11.5 Å². The van der Waals surface area contributed by atoms with E-state index in [1.54, 1.807) is 6.07 Å². The molecule has 1 saturated heterocycles. The Balaban J connectivity index is 1.39. The smallest absolute Gasteiger partial charge is 0.255 e. The molecule has 198 valence electrons. The SMILES string of the molecule is Cc1ccc(C(=O)Nc2cc(CN3CCC[C@H](N)C3)cc(N3C=NC(C)C3C)c2)cc1Oc1ccccc1. The molecule has 0 saturated carbocycles. The first-order valence-corrected chi connectivity index (χ1v) is 13.4. The van der Waals surface area contributed by atoms with Gasteiger partial charge in [0, 0.05) is 36.1 Å². The molecule has 2 unspecified atom stereocenters. The lowest BCUT2D eigenvalue weighted by molar-refractivity contribution is 0.102. The molecule has 2 heterocycles. The third-order valence-electron chi connectivity index (χ3n) is 7.47. The van der Waals surface area contributed by atoms with Gasteiger partial charge in [-0.05, 0) is 93.7 Å². The van der Waals surface area contributed by atoms with Crippen LogP contribution in [0.15, 0.2) is 71.7 Å². The summed E-state index contributed by atoms with van der Waals surface area (Å²) in [6, 6.07) is 22.1. The van der Waals surface area contributed by atoms with E-state index in [1.807, 2.05) is 61.8 Å². The van der Waals surface area contributed by atoms with Gasteiger partial charge in [0.15, 0.2) is 0 Å². The number of carbonyl (C=O) groups is 1. The van der Waals surface area contributed by atoms with Crippen LogP contribution in [0.1, 0.15) is 48.2 Å². The highest BCUT2D eigenvalue weighted by atomic mass is 16.5. The molecule has 3 N–H and O–H groups in total. The van der Waals surface area contributed by atoms with Gasteiger partial charge >= 0.3 is 0 Å². The van der Waals surface area contributed by atoms with E-state index in [2.05, 4.69) is 46.1 Å². The van der Waals surface area contributed by atoms with Crippen LogP contribution in [-0.4, -0.2) is 48.4 Å². The van der Waals surface area contributed by atoms with Crippen LogP contribution in [0.3, 0.4) is 0 Å². The van der Waals surface area contributed by atoms with Crippen molar-refractivity contribution < 1.29 is 9.53 Å². The first-order chi connectivity index (χ1) is 18.4. The van der Waals surface area contributed by atoms with E-state index in [9.17, 15) is 4.79 Å². The number of likely N-dealkylation sites (tertiary alicyclic amines) is 1. The number of anilines is 2. The van der Waals surface area contributed by atoms with Crippen LogP contribution in [-0.2, 0) is 6.54 Å². The highest BCUT2D eigenvalue weighted by Crippen LogP contribution is 2.30. The van der Waals surface area contributed by atoms with Crippen molar-refractivity contribution in [3.05, 3.63) is 83.4 Å². The number of hydrogen-bond donors (Lipinski definition) is 2. The molecule has 1 fully saturated rings. The number of nitrogens with two attached hydrogens (primary N) is 1. The number of benzene rings is 3. The van der Waals surface area contributed by atoms with Crippen LogP contribution < -0.4 is 20.7 Å². The summed E-state index contributed by atoms with van der Waals surface area (Å²) in [7, 11) is 0. The molecular weight excluding hydrogens is 474 g/mol. The molecule has 0 radical (unpaired) electrons. The van der Waals surface area contributed by atoms with Gasteiger partial charge in [-0.3, -0.25) is 14.7 Å². The minimum atomic E-state index is -0.178. The van der Waals surface area contributed by atoms with Gasteiger partial charge < -0.3 is 20.7 Å². The Labute approximate surface area is 225 Å². The second-order valence-corrected chi connectivity index (χ2v) is 10.5. The number of piperidine rings is 1. The van der Waals surface area contributed by atoms with Gasteiger partial charge in [0.25, 0.3) is 5.91 Å². The van der Waals surface area contributed by atoms with Crippen molar-refractivity contribution in [1.29, 1.82) is 0 Å². The zero-order chi connectivity index (χ0) is 26.6. The summed E-state index contributed by atoms with van der Waals surface area (Å²) in [5, 5.41) is 3.14. The third-order valence-corrected chi connectivity index (χ3v) is 7.47. The minimum Gasteiger partial charge on any atom is -0.457 e. The highest BCUT2D eigenvalue weighted by molar-refractivity contribution is 6.05. The van der Waals surface area contributed by atoms with Crippen molar-refractivity contribution in [2.45, 2.75) is 58.3 Å². The number of carbonyl (C=O) groups excluding carboxylic acids is 1. The molecule has 2 aliphatic heterocycles. The number of aryl methyl sites for hydroxylation is 1. The van der Waals surface area contributed by atoms with Crippen LogP contribution in [0.4, 0.5) is 11.4 Å². The van der Waals surface area contributed by atoms with Crippen molar-refractivity contribution >= 4 is 23.6 Å². The lowest BCUT2D eigenvalue weighted by Gasteiger charge is -2.31. The number of para-hydroxylation sites is 1. The molecule has 2 aliphatic rings. The Morgan fingerprint density at radius 2 is 1.92 bits per heavy atom. The summed E-state index contributed by atoms with van der Waals surface area (Å²) < 4.78 is 6.05. The predicted molar refractivity (Wildman–Crippen MR) is 154 cm³/mol. The van der Waals surface area contributed by atoms with Gasteiger partial charge in [0.1, 0.15) is 11.5 Å². The molecule has 0 bridgehead atoms. The lowest BCUT2D eigenvalue weighted by Crippen LogP contribution is -2.42. The second-order valence-electron chi connectivity index (χ2n) is 10.5. The molecule has 0 aliphatic carbocycles. The number of ether oxygens (including phenoxy) is 1. The molecule has 3 aromatic carbocycles. The fourth-order valence-corrected chi connectivity index (χ4v) is 5.09. The van der Waals surface area contributed by atoms with Gasteiger partial charge in [0.05, 0.1) is 18.4 Å². The fourth-order valence-electron chi connectivity index (χ4n) is 5.09. The fraction of sp³-hybridized carbons (Fsp3) is 0.355. The summed E-state index contributed by atoms with van der Waals surface area (Å²) in [5.41, 5.74) is 10.7. The van der Waals surface area contributed by atoms with E-state index in [0.717, 1.165) is 60.7 Å². The Kier molecular flexibility index (Phi) is 7.77. The Morgan fingerprint density at radius 3 is 2.66 bits per heavy atom. The zero-order valence-electron chi connectivity index (χ0n) is 22.4. The predicted octanol–water partition coefficient (Wildman–Crippen LogP) is 5.59. The van der Waals surface area contributed by atoms with Crippen LogP contribution in [0.2, 0.25) is 0 Å². The number of aliphatic imine (C=N–C) groups is 1. The molecule has 5 rings (SSSR count). The Hall–Kier alpha value is -3.68. The average Bonchev–Trinajstić information content (AvgIpc) is 3.23. The highest BCUT2D eigenvalue weighted by Gasteiger charge is 2.25. The van der Waals surface area contributed by atoms with Gasteiger partial charge in [-0.2, -0.15) is 0 Å². The van der Waals surface area contributed by atoms with E-state index in [-0.39, 0.29) is 24.0 Å². The quantitative estimate of drug-likeness (QED) is 0.432. The monoisotopic (exact) mass is 511 g/mol. The minimum absolute atomic E-state index is 0.178. The van der Waals surface area contributed by atoms with E-state index in [4.69, 9.17) is 10.5 Å². The molecular formula is C31H37N5O2. The molecule has 38 heavy (non-hydrogen) atoms. The molecule has 3 aromatic rings. The number of hydrogen-bond acceptors (Lipinski definition) is 6. The number of rotatable bonds is 7. The first-order valence-electron chi connectivity index (χ1n) is 13.4. The molecule has 0 spiro atoms. The maximum atomic E-state index is 13.4. The lowest BCUT2D eigenvalue weighted by atomic mass is 10.0.